The third-order valence-electron chi connectivity index (χ3n) is 2.49. The van der Waals surface area contributed by atoms with E-state index in [4.69, 9.17) is 12.2 Å². The number of rotatable bonds is 4. The Labute approximate surface area is 118 Å². The minimum Gasteiger partial charge on any atom is -0.360 e. The van der Waals surface area contributed by atoms with Gasteiger partial charge >= 0.3 is 0 Å². The van der Waals surface area contributed by atoms with E-state index < -0.39 is 0 Å². The Balaban J connectivity index is 1.94. The second-order valence-electron chi connectivity index (χ2n) is 4.64. The molecule has 0 amide bonds. The van der Waals surface area contributed by atoms with Crippen LogP contribution in [0.3, 0.4) is 0 Å². The van der Waals surface area contributed by atoms with Gasteiger partial charge in [-0.15, -0.1) is 0 Å². The monoisotopic (exact) mass is 274 g/mol. The summed E-state index contributed by atoms with van der Waals surface area (Å²) in [6.07, 6.45) is 1.94. The molecule has 0 aliphatic carbocycles. The molecule has 1 heterocycles. The maximum atomic E-state index is 5.18. The highest BCUT2D eigenvalue weighted by molar-refractivity contribution is 7.80. The fourth-order valence-electron chi connectivity index (χ4n) is 1.70. The Morgan fingerprint density at radius 3 is 2.68 bits per heavy atom. The number of hydrogen-bond donors (Lipinski definition) is 2. The van der Waals surface area contributed by atoms with Gasteiger partial charge in [-0.05, 0) is 31.6 Å². The van der Waals surface area contributed by atoms with Crippen LogP contribution in [0.1, 0.15) is 19.4 Å². The van der Waals surface area contributed by atoms with E-state index in [-0.39, 0.29) is 0 Å². The van der Waals surface area contributed by atoms with Gasteiger partial charge in [0, 0.05) is 18.3 Å². The highest BCUT2D eigenvalue weighted by Gasteiger charge is 2.03. The van der Waals surface area contributed by atoms with Gasteiger partial charge in [0.05, 0.1) is 6.54 Å². The third kappa shape index (κ3) is 4.37. The quantitative estimate of drug-likeness (QED) is 0.841. The number of hydrogen-bond acceptors (Lipinski definition) is 2. The van der Waals surface area contributed by atoms with Crippen LogP contribution in [-0.2, 0) is 6.54 Å². The summed E-state index contributed by atoms with van der Waals surface area (Å²) < 4.78 is 1.88. The number of nitrogens with zero attached hydrogens (tertiary/aromatic N) is 2. The first-order valence-corrected chi connectivity index (χ1v) is 6.69. The molecular formula is C14H18N4S. The Bertz CT molecular complexity index is 533. The molecule has 0 atom stereocenters. The maximum absolute atomic E-state index is 5.18. The Morgan fingerprint density at radius 1 is 1.26 bits per heavy atom. The number of aromatic nitrogens is 2. The van der Waals surface area contributed by atoms with E-state index in [1.165, 1.54) is 5.56 Å². The second-order valence-corrected chi connectivity index (χ2v) is 5.05. The van der Waals surface area contributed by atoms with Crippen LogP contribution in [-0.4, -0.2) is 20.9 Å². The van der Waals surface area contributed by atoms with Crippen molar-refractivity contribution in [3.05, 3.63) is 48.2 Å². The summed E-state index contributed by atoms with van der Waals surface area (Å²) in [5, 5.41) is 11.2. The summed E-state index contributed by atoms with van der Waals surface area (Å²) in [6, 6.07) is 12.5. The lowest BCUT2D eigenvalue weighted by atomic mass is 10.2. The van der Waals surface area contributed by atoms with Gasteiger partial charge in [-0.3, -0.25) is 4.68 Å². The van der Waals surface area contributed by atoms with Gasteiger partial charge in [-0.25, -0.2) is 0 Å². The van der Waals surface area contributed by atoms with Crippen LogP contribution < -0.4 is 10.6 Å². The van der Waals surface area contributed by atoms with Crippen LogP contribution in [0.2, 0.25) is 0 Å². The van der Waals surface area contributed by atoms with E-state index in [2.05, 4.69) is 27.9 Å². The molecule has 4 nitrogen and oxygen atoms in total. The number of benzene rings is 1. The van der Waals surface area contributed by atoms with Crippen LogP contribution >= 0.6 is 12.2 Å². The van der Waals surface area contributed by atoms with Crippen LogP contribution in [0.5, 0.6) is 0 Å². The van der Waals surface area contributed by atoms with Gasteiger partial charge in [-0.1, -0.05) is 30.3 Å². The van der Waals surface area contributed by atoms with Crippen LogP contribution in [0, 0.1) is 0 Å². The lowest BCUT2D eigenvalue weighted by molar-refractivity contribution is 0.689. The first-order chi connectivity index (χ1) is 9.13. The summed E-state index contributed by atoms with van der Waals surface area (Å²) in [5.41, 5.74) is 1.22. The number of anilines is 1. The molecule has 5 heteroatoms. The molecule has 1 aromatic heterocycles. The van der Waals surface area contributed by atoms with E-state index in [0.29, 0.717) is 11.2 Å². The van der Waals surface area contributed by atoms with E-state index in [9.17, 15) is 0 Å². The average molecular weight is 274 g/mol. The molecule has 1 aromatic carbocycles. The molecule has 0 bridgehead atoms. The van der Waals surface area contributed by atoms with Crippen molar-refractivity contribution >= 4 is 23.1 Å². The van der Waals surface area contributed by atoms with Crippen molar-refractivity contribution in [3.63, 3.8) is 0 Å². The predicted octanol–water partition coefficient (Wildman–Crippen LogP) is 2.63. The Hall–Kier alpha value is -1.88. The van der Waals surface area contributed by atoms with Gasteiger partial charge in [0.15, 0.2) is 10.9 Å². The third-order valence-corrected chi connectivity index (χ3v) is 2.71. The van der Waals surface area contributed by atoms with Crippen molar-refractivity contribution in [3.8, 4) is 0 Å². The first kappa shape index (κ1) is 13.5. The number of thiocarbonyl (C=S) groups is 1. The molecule has 2 N–H and O–H groups in total. The van der Waals surface area contributed by atoms with Gasteiger partial charge in [0.2, 0.25) is 0 Å². The zero-order valence-corrected chi connectivity index (χ0v) is 11.9. The Kier molecular flexibility index (Phi) is 4.52. The van der Waals surface area contributed by atoms with E-state index in [1.54, 1.807) is 0 Å². The zero-order chi connectivity index (χ0) is 13.7. The van der Waals surface area contributed by atoms with Crippen LogP contribution in [0.4, 0.5) is 5.82 Å². The standard InChI is InChI=1S/C14H18N4S/c1-11(2)15-14(19)16-13-8-9-18(17-13)10-12-6-4-3-5-7-12/h3-9,11H,10H2,1-2H3,(H2,15,16,17,19). The molecular weight excluding hydrogens is 256 g/mol. The first-order valence-electron chi connectivity index (χ1n) is 6.28. The van der Waals surface area contributed by atoms with Crippen molar-refractivity contribution in [1.29, 1.82) is 0 Å². The molecule has 0 saturated heterocycles. The van der Waals surface area contributed by atoms with Crippen molar-refractivity contribution in [1.82, 2.24) is 15.1 Å². The Morgan fingerprint density at radius 2 is 2.00 bits per heavy atom. The molecule has 2 aromatic rings. The maximum Gasteiger partial charge on any atom is 0.172 e. The van der Waals surface area contributed by atoms with Crippen molar-refractivity contribution in [2.75, 3.05) is 5.32 Å². The van der Waals surface area contributed by atoms with Crippen LogP contribution in [0.25, 0.3) is 0 Å². The summed E-state index contributed by atoms with van der Waals surface area (Å²) in [4.78, 5) is 0. The van der Waals surface area contributed by atoms with Crippen molar-refractivity contribution in [2.24, 2.45) is 0 Å². The second kappa shape index (κ2) is 6.33. The topological polar surface area (TPSA) is 41.9 Å². The van der Waals surface area contributed by atoms with E-state index in [0.717, 1.165) is 12.4 Å². The zero-order valence-electron chi connectivity index (χ0n) is 11.1. The molecule has 19 heavy (non-hydrogen) atoms. The highest BCUT2D eigenvalue weighted by atomic mass is 32.1. The molecule has 2 rings (SSSR count). The highest BCUT2D eigenvalue weighted by Crippen LogP contribution is 2.06. The summed E-state index contributed by atoms with van der Waals surface area (Å²) in [5.74, 6) is 0.758. The summed E-state index contributed by atoms with van der Waals surface area (Å²) in [6.45, 7) is 4.84. The minimum absolute atomic E-state index is 0.311. The molecule has 0 unspecified atom stereocenters. The minimum atomic E-state index is 0.311. The molecule has 0 saturated carbocycles. The molecule has 0 spiro atoms. The molecule has 0 aliphatic heterocycles. The van der Waals surface area contributed by atoms with Gasteiger partial charge < -0.3 is 10.6 Å². The van der Waals surface area contributed by atoms with Crippen LogP contribution in [0.15, 0.2) is 42.6 Å². The fraction of sp³-hybridized carbons (Fsp3) is 0.286. The summed E-state index contributed by atoms with van der Waals surface area (Å²) in [7, 11) is 0. The van der Waals surface area contributed by atoms with Crippen molar-refractivity contribution in [2.45, 2.75) is 26.4 Å². The predicted molar refractivity (Wildman–Crippen MR) is 82.3 cm³/mol. The van der Waals surface area contributed by atoms with Gasteiger partial charge in [0.25, 0.3) is 0 Å². The SMILES string of the molecule is CC(C)NC(=S)Nc1ccn(Cc2ccccc2)n1. The largest absolute Gasteiger partial charge is 0.360 e. The normalized spacial score (nSPS) is 10.5. The number of nitrogens with one attached hydrogen (secondary N) is 2. The van der Waals surface area contributed by atoms with E-state index in [1.807, 2.05) is 49.0 Å². The lowest BCUT2D eigenvalue weighted by Gasteiger charge is -2.11. The average Bonchev–Trinajstić information content (AvgIpc) is 2.76. The van der Waals surface area contributed by atoms with Crippen molar-refractivity contribution < 1.29 is 0 Å². The molecule has 0 radical (unpaired) electrons. The van der Waals surface area contributed by atoms with Gasteiger partial charge in [-0.2, -0.15) is 5.10 Å². The molecule has 0 fully saturated rings. The summed E-state index contributed by atoms with van der Waals surface area (Å²) >= 11 is 5.18. The van der Waals surface area contributed by atoms with Gasteiger partial charge in [0.1, 0.15) is 0 Å². The fourth-order valence-corrected chi connectivity index (χ4v) is 2.04. The molecule has 100 valence electrons. The molecule has 0 aliphatic rings. The van der Waals surface area contributed by atoms with E-state index >= 15 is 0 Å². The smallest absolute Gasteiger partial charge is 0.172 e. The lowest BCUT2D eigenvalue weighted by Crippen LogP contribution is -2.34.